The van der Waals surface area contributed by atoms with E-state index in [0.717, 1.165) is 29.8 Å². The molecule has 0 radical (unpaired) electrons. The number of piperidine rings is 1. The van der Waals surface area contributed by atoms with Crippen molar-refractivity contribution in [1.29, 1.82) is 0 Å². The van der Waals surface area contributed by atoms with E-state index in [1.807, 2.05) is 25.1 Å². The van der Waals surface area contributed by atoms with Crippen molar-refractivity contribution in [3.05, 3.63) is 35.5 Å². The number of carbonyl (C=O) groups excluding carboxylic acids is 1. The van der Waals surface area contributed by atoms with E-state index < -0.39 is 0 Å². The summed E-state index contributed by atoms with van der Waals surface area (Å²) >= 11 is 0. The quantitative estimate of drug-likeness (QED) is 0.882. The van der Waals surface area contributed by atoms with Gasteiger partial charge < -0.3 is 24.2 Å². The zero-order valence-electron chi connectivity index (χ0n) is 15.3. The smallest absolute Gasteiger partial charge is 0.321 e. The standard InChI is InChI=1S/C18H24N4O4/c1-12-9-14(25-3)6-7-15(12)19-18(23)22-8-4-5-13(10-22)17-20-16(11-24-2)26-21-17/h6-7,9,13H,4-5,8,10-11H2,1-3H3,(H,19,23). The number of anilines is 1. The molecular weight excluding hydrogens is 336 g/mol. The lowest BCUT2D eigenvalue weighted by Crippen LogP contribution is -2.42. The molecule has 0 spiro atoms. The van der Waals surface area contributed by atoms with Crippen LogP contribution >= 0.6 is 0 Å². The average molecular weight is 360 g/mol. The van der Waals surface area contributed by atoms with Gasteiger partial charge in [-0.2, -0.15) is 4.98 Å². The summed E-state index contributed by atoms with van der Waals surface area (Å²) in [7, 11) is 3.20. The third-order valence-electron chi connectivity index (χ3n) is 4.50. The third kappa shape index (κ3) is 4.13. The van der Waals surface area contributed by atoms with Crippen LogP contribution in [0.1, 0.15) is 36.0 Å². The van der Waals surface area contributed by atoms with E-state index in [2.05, 4.69) is 15.5 Å². The largest absolute Gasteiger partial charge is 0.497 e. The van der Waals surface area contributed by atoms with Gasteiger partial charge in [-0.1, -0.05) is 5.16 Å². The van der Waals surface area contributed by atoms with Crippen molar-refractivity contribution in [3.63, 3.8) is 0 Å². The highest BCUT2D eigenvalue weighted by Gasteiger charge is 2.28. The molecule has 1 atom stereocenters. The Bertz CT molecular complexity index is 761. The van der Waals surface area contributed by atoms with Crippen LogP contribution in [0.4, 0.5) is 10.5 Å². The molecule has 2 heterocycles. The number of hydrogen-bond acceptors (Lipinski definition) is 6. The summed E-state index contributed by atoms with van der Waals surface area (Å²) in [5.74, 6) is 1.93. The normalized spacial score (nSPS) is 17.2. The number of hydrogen-bond donors (Lipinski definition) is 1. The van der Waals surface area contributed by atoms with Crippen LogP contribution in [0.15, 0.2) is 22.7 Å². The maximum absolute atomic E-state index is 12.7. The highest BCUT2D eigenvalue weighted by atomic mass is 16.5. The molecule has 0 saturated carbocycles. The Morgan fingerprint density at radius 2 is 2.27 bits per heavy atom. The number of carbonyl (C=O) groups is 1. The fraction of sp³-hybridized carbons (Fsp3) is 0.500. The monoisotopic (exact) mass is 360 g/mol. The third-order valence-corrected chi connectivity index (χ3v) is 4.50. The number of rotatable bonds is 5. The Kier molecular flexibility index (Phi) is 5.72. The summed E-state index contributed by atoms with van der Waals surface area (Å²) in [6, 6.07) is 5.45. The van der Waals surface area contributed by atoms with Gasteiger partial charge in [-0.05, 0) is 43.5 Å². The molecule has 1 unspecified atom stereocenters. The highest BCUT2D eigenvalue weighted by molar-refractivity contribution is 5.90. The molecule has 1 aromatic heterocycles. The number of aryl methyl sites for hydroxylation is 1. The van der Waals surface area contributed by atoms with Crippen LogP contribution in [0, 0.1) is 6.92 Å². The van der Waals surface area contributed by atoms with E-state index in [1.165, 1.54) is 0 Å². The zero-order valence-corrected chi connectivity index (χ0v) is 15.3. The Labute approximate surface area is 152 Å². The fourth-order valence-electron chi connectivity index (χ4n) is 3.09. The van der Waals surface area contributed by atoms with Crippen LogP contribution in [0.3, 0.4) is 0 Å². The van der Waals surface area contributed by atoms with E-state index in [1.54, 1.807) is 19.1 Å². The number of urea groups is 1. The van der Waals surface area contributed by atoms with Crippen molar-refractivity contribution in [3.8, 4) is 5.75 Å². The first-order chi connectivity index (χ1) is 12.6. The first kappa shape index (κ1) is 18.2. The average Bonchev–Trinajstić information content (AvgIpc) is 3.12. The van der Waals surface area contributed by atoms with Gasteiger partial charge in [0.25, 0.3) is 5.89 Å². The molecule has 2 amide bonds. The van der Waals surface area contributed by atoms with Gasteiger partial charge in [0.15, 0.2) is 5.82 Å². The van der Waals surface area contributed by atoms with Crippen molar-refractivity contribution in [2.24, 2.45) is 0 Å². The fourth-order valence-corrected chi connectivity index (χ4v) is 3.09. The maximum atomic E-state index is 12.7. The maximum Gasteiger partial charge on any atom is 0.321 e. The molecule has 8 heteroatoms. The van der Waals surface area contributed by atoms with Gasteiger partial charge in [0.2, 0.25) is 0 Å². The number of ether oxygens (including phenoxy) is 2. The number of nitrogens with one attached hydrogen (secondary N) is 1. The van der Waals surface area contributed by atoms with E-state index in [-0.39, 0.29) is 11.9 Å². The second kappa shape index (κ2) is 8.18. The van der Waals surface area contributed by atoms with Crippen LogP contribution < -0.4 is 10.1 Å². The lowest BCUT2D eigenvalue weighted by Gasteiger charge is -2.31. The van der Waals surface area contributed by atoms with Crippen molar-refractivity contribution in [2.45, 2.75) is 32.3 Å². The first-order valence-corrected chi connectivity index (χ1v) is 8.62. The van der Waals surface area contributed by atoms with Gasteiger partial charge in [0, 0.05) is 31.8 Å². The van der Waals surface area contributed by atoms with E-state index in [0.29, 0.717) is 31.4 Å². The molecule has 2 aromatic rings. The molecule has 8 nitrogen and oxygen atoms in total. The number of likely N-dealkylation sites (tertiary alicyclic amines) is 1. The molecule has 1 aromatic carbocycles. The van der Waals surface area contributed by atoms with E-state index in [4.69, 9.17) is 14.0 Å². The minimum Gasteiger partial charge on any atom is -0.497 e. The Hall–Kier alpha value is -2.61. The van der Waals surface area contributed by atoms with Gasteiger partial charge in [0.1, 0.15) is 12.4 Å². The summed E-state index contributed by atoms with van der Waals surface area (Å²) < 4.78 is 15.4. The molecule has 1 fully saturated rings. The Morgan fingerprint density at radius 1 is 1.42 bits per heavy atom. The molecular formula is C18H24N4O4. The predicted octanol–water partition coefficient (Wildman–Crippen LogP) is 2.94. The van der Waals surface area contributed by atoms with Gasteiger partial charge in [-0.25, -0.2) is 4.79 Å². The zero-order chi connectivity index (χ0) is 18.5. The lowest BCUT2D eigenvalue weighted by molar-refractivity contribution is 0.151. The molecule has 140 valence electrons. The first-order valence-electron chi connectivity index (χ1n) is 8.62. The summed E-state index contributed by atoms with van der Waals surface area (Å²) in [5.41, 5.74) is 1.73. The SMILES string of the molecule is COCc1nc(C2CCCN(C(=O)Nc3ccc(OC)cc3C)C2)no1. The number of aromatic nitrogens is 2. The van der Waals surface area contributed by atoms with Crippen molar-refractivity contribution in [2.75, 3.05) is 32.6 Å². The van der Waals surface area contributed by atoms with E-state index >= 15 is 0 Å². The molecule has 1 aliphatic rings. The molecule has 1 aliphatic heterocycles. The highest BCUT2D eigenvalue weighted by Crippen LogP contribution is 2.26. The molecule has 26 heavy (non-hydrogen) atoms. The Balaban J connectivity index is 1.64. The summed E-state index contributed by atoms with van der Waals surface area (Å²) in [6.07, 6.45) is 1.82. The number of benzene rings is 1. The van der Waals surface area contributed by atoms with Gasteiger partial charge in [0.05, 0.1) is 7.11 Å². The predicted molar refractivity (Wildman–Crippen MR) is 95.3 cm³/mol. The topological polar surface area (TPSA) is 89.7 Å². The van der Waals surface area contributed by atoms with E-state index in [9.17, 15) is 4.79 Å². The number of nitrogens with zero attached hydrogens (tertiary/aromatic N) is 3. The second-order valence-corrected chi connectivity index (χ2v) is 6.38. The minimum atomic E-state index is -0.122. The van der Waals surface area contributed by atoms with Crippen LogP contribution in [0.25, 0.3) is 0 Å². The van der Waals surface area contributed by atoms with Gasteiger partial charge in [-0.15, -0.1) is 0 Å². The molecule has 3 rings (SSSR count). The minimum absolute atomic E-state index is 0.0702. The number of amides is 2. The van der Waals surface area contributed by atoms with Crippen molar-refractivity contribution in [1.82, 2.24) is 15.0 Å². The molecule has 0 aliphatic carbocycles. The van der Waals surface area contributed by atoms with Crippen LogP contribution in [-0.4, -0.2) is 48.4 Å². The summed E-state index contributed by atoms with van der Waals surface area (Å²) in [4.78, 5) is 18.8. The Morgan fingerprint density at radius 3 is 3.00 bits per heavy atom. The summed E-state index contributed by atoms with van der Waals surface area (Å²) in [5, 5.41) is 7.01. The number of methoxy groups -OCH3 is 2. The molecule has 1 saturated heterocycles. The van der Waals surface area contributed by atoms with Crippen LogP contribution in [0.2, 0.25) is 0 Å². The lowest BCUT2D eigenvalue weighted by atomic mass is 9.97. The molecule has 0 bridgehead atoms. The molecule has 1 N–H and O–H groups in total. The van der Waals surface area contributed by atoms with Crippen LogP contribution in [-0.2, 0) is 11.3 Å². The van der Waals surface area contributed by atoms with Crippen molar-refractivity contribution < 1.29 is 18.8 Å². The van der Waals surface area contributed by atoms with Gasteiger partial charge in [-0.3, -0.25) is 0 Å². The van der Waals surface area contributed by atoms with Gasteiger partial charge >= 0.3 is 6.03 Å². The second-order valence-electron chi connectivity index (χ2n) is 6.38. The summed E-state index contributed by atoms with van der Waals surface area (Å²) in [6.45, 7) is 3.50. The van der Waals surface area contributed by atoms with Crippen LogP contribution in [0.5, 0.6) is 5.75 Å². The van der Waals surface area contributed by atoms with Crippen molar-refractivity contribution >= 4 is 11.7 Å².